The average Bonchev–Trinajstić information content (AvgIpc) is 3.46. The Morgan fingerprint density at radius 3 is 2.63 bits per heavy atom. The van der Waals surface area contributed by atoms with Crippen LogP contribution in [0.4, 0.5) is 5.13 Å². The minimum Gasteiger partial charge on any atom is -0.299 e. The Morgan fingerprint density at radius 2 is 1.91 bits per heavy atom. The number of carbonyl (C=O) groups excluding carboxylic acids is 1. The molecule has 3 aromatic heterocycles. The maximum Gasteiger partial charge on any atom is 0.263 e. The normalized spacial score (nSPS) is 15.4. The van der Waals surface area contributed by atoms with Crippen molar-refractivity contribution in [3.05, 3.63) is 55.3 Å². The molecule has 0 bridgehead atoms. The number of nitrogens with zero attached hydrogens (tertiary/aromatic N) is 4. The highest BCUT2D eigenvalue weighted by atomic mass is 79.9. The molecule has 10 heteroatoms. The molecule has 1 N–H and O–H groups in total. The summed E-state index contributed by atoms with van der Waals surface area (Å²) >= 11 is 6.41. The number of hydrogen-bond donors (Lipinski definition) is 1. The third kappa shape index (κ3) is 4.83. The number of aryl methyl sites for hydroxylation is 1. The van der Waals surface area contributed by atoms with Crippen molar-refractivity contribution in [2.45, 2.75) is 64.3 Å². The van der Waals surface area contributed by atoms with Gasteiger partial charge < -0.3 is 0 Å². The molecule has 1 fully saturated rings. The Bertz CT molecular complexity index is 1420. The fourth-order valence-corrected chi connectivity index (χ4v) is 6.98. The highest BCUT2D eigenvalue weighted by Crippen LogP contribution is 2.37. The maximum absolute atomic E-state index is 13.7. The van der Waals surface area contributed by atoms with Crippen LogP contribution in [0.5, 0.6) is 0 Å². The van der Waals surface area contributed by atoms with Gasteiger partial charge in [0.05, 0.1) is 11.7 Å². The van der Waals surface area contributed by atoms with Crippen LogP contribution in [0.2, 0.25) is 0 Å². The Hall–Kier alpha value is -2.43. The van der Waals surface area contributed by atoms with Gasteiger partial charge in [-0.1, -0.05) is 65.6 Å². The number of thiophene rings is 1. The number of amides is 1. The molecule has 0 radical (unpaired) electrons. The van der Waals surface area contributed by atoms with Crippen molar-refractivity contribution in [2.24, 2.45) is 0 Å². The predicted molar refractivity (Wildman–Crippen MR) is 145 cm³/mol. The summed E-state index contributed by atoms with van der Waals surface area (Å²) in [4.78, 5) is 33.2. The molecule has 1 aliphatic rings. The van der Waals surface area contributed by atoms with E-state index in [1.54, 1.807) is 0 Å². The number of halogens is 1. The van der Waals surface area contributed by atoms with Crippen LogP contribution < -0.4 is 10.9 Å². The van der Waals surface area contributed by atoms with E-state index in [1.807, 2.05) is 38.1 Å². The lowest BCUT2D eigenvalue weighted by Gasteiger charge is -2.18. The first-order valence-electron chi connectivity index (χ1n) is 11.9. The molecular weight excluding hydrogens is 546 g/mol. The van der Waals surface area contributed by atoms with Gasteiger partial charge in [-0.3, -0.25) is 19.5 Å². The van der Waals surface area contributed by atoms with Gasteiger partial charge in [0.15, 0.2) is 0 Å². The first-order chi connectivity index (χ1) is 17.0. The minimum absolute atomic E-state index is 0.209. The van der Waals surface area contributed by atoms with E-state index in [9.17, 15) is 9.59 Å². The first kappa shape index (κ1) is 24.3. The van der Waals surface area contributed by atoms with Crippen molar-refractivity contribution in [2.75, 3.05) is 5.32 Å². The minimum atomic E-state index is -0.695. The third-order valence-corrected chi connectivity index (χ3v) is 9.14. The van der Waals surface area contributed by atoms with E-state index in [4.69, 9.17) is 0 Å². The van der Waals surface area contributed by atoms with Gasteiger partial charge in [0.2, 0.25) is 11.0 Å². The van der Waals surface area contributed by atoms with E-state index in [2.05, 4.69) is 36.4 Å². The van der Waals surface area contributed by atoms with Crippen LogP contribution in [-0.2, 0) is 4.79 Å². The third-order valence-electron chi connectivity index (χ3n) is 6.60. The van der Waals surface area contributed by atoms with Crippen LogP contribution in [-0.4, -0.2) is 25.7 Å². The Morgan fingerprint density at radius 1 is 1.17 bits per heavy atom. The molecule has 5 rings (SSSR count). The fraction of sp³-hybridized carbons (Fsp3) is 0.400. The lowest BCUT2D eigenvalue weighted by atomic mass is 9.90. The zero-order chi connectivity index (χ0) is 24.5. The van der Waals surface area contributed by atoms with Gasteiger partial charge in [-0.05, 0) is 43.9 Å². The van der Waals surface area contributed by atoms with Crippen LogP contribution >= 0.6 is 38.6 Å². The molecule has 1 unspecified atom stereocenters. The van der Waals surface area contributed by atoms with Gasteiger partial charge in [0.25, 0.3) is 5.56 Å². The number of hydrogen-bond acceptors (Lipinski definition) is 7. The molecular formula is C25H26BrN5O2S2. The van der Waals surface area contributed by atoms with Gasteiger partial charge in [0, 0.05) is 20.8 Å². The number of benzene rings is 1. The molecule has 1 atom stereocenters. The molecule has 0 aliphatic heterocycles. The van der Waals surface area contributed by atoms with Crippen LogP contribution in [0.15, 0.2) is 39.9 Å². The highest BCUT2D eigenvalue weighted by molar-refractivity contribution is 9.10. The van der Waals surface area contributed by atoms with E-state index in [0.717, 1.165) is 38.3 Å². The topological polar surface area (TPSA) is 89.8 Å². The van der Waals surface area contributed by atoms with E-state index >= 15 is 0 Å². The largest absolute Gasteiger partial charge is 0.299 e. The second-order valence-corrected chi connectivity index (χ2v) is 12.0. The number of rotatable bonds is 6. The number of aromatic nitrogens is 4. The second-order valence-electron chi connectivity index (χ2n) is 8.87. The standard InChI is InChI=1S/C25H26BrN5O2S2/c1-3-18(21(32)28-25-30-29-22(35-25)16-7-5-4-6-8-16)31-13-27-23-20(24(31)33)19(14(2)34-23)15-9-11-17(26)12-10-15/h9-13,16,18H,3-8H2,1-2H3,(H,28,30,32). The molecule has 182 valence electrons. The number of fused-ring (bicyclic) bond motifs is 1. The quantitative estimate of drug-likeness (QED) is 0.278. The Kier molecular flexibility index (Phi) is 7.13. The lowest BCUT2D eigenvalue weighted by Crippen LogP contribution is -2.33. The van der Waals surface area contributed by atoms with Crippen molar-refractivity contribution in [3.8, 4) is 11.1 Å². The molecule has 1 amide bonds. The Balaban J connectivity index is 1.45. The summed E-state index contributed by atoms with van der Waals surface area (Å²) in [6.45, 7) is 3.89. The summed E-state index contributed by atoms with van der Waals surface area (Å²) in [7, 11) is 0. The van der Waals surface area contributed by atoms with Gasteiger partial charge in [-0.15, -0.1) is 21.5 Å². The van der Waals surface area contributed by atoms with Gasteiger partial charge in [-0.25, -0.2) is 4.98 Å². The average molecular weight is 573 g/mol. The van der Waals surface area contributed by atoms with Crippen LogP contribution in [0, 0.1) is 6.92 Å². The molecule has 0 saturated heterocycles. The van der Waals surface area contributed by atoms with Gasteiger partial charge in [0.1, 0.15) is 15.9 Å². The van der Waals surface area contributed by atoms with E-state index < -0.39 is 6.04 Å². The van der Waals surface area contributed by atoms with Crippen LogP contribution in [0.25, 0.3) is 21.3 Å². The number of carbonyl (C=O) groups is 1. The number of nitrogens with one attached hydrogen (secondary N) is 1. The summed E-state index contributed by atoms with van der Waals surface area (Å²) in [5.74, 6) is 0.154. The SMILES string of the molecule is CCC(C(=O)Nc1nnc(C2CCCCC2)s1)n1cnc2sc(C)c(-c3ccc(Br)cc3)c2c1=O. The van der Waals surface area contributed by atoms with E-state index in [0.29, 0.717) is 27.7 Å². The molecule has 1 aliphatic carbocycles. The number of anilines is 1. The van der Waals surface area contributed by atoms with Crippen molar-refractivity contribution >= 4 is 59.9 Å². The zero-order valence-corrected chi connectivity index (χ0v) is 22.8. The van der Waals surface area contributed by atoms with Crippen LogP contribution in [0.1, 0.15) is 67.3 Å². The molecule has 0 spiro atoms. The van der Waals surface area contributed by atoms with Gasteiger partial charge in [-0.2, -0.15) is 0 Å². The molecule has 3 heterocycles. The van der Waals surface area contributed by atoms with Crippen LogP contribution in [0.3, 0.4) is 0 Å². The Labute approximate surface area is 219 Å². The summed E-state index contributed by atoms with van der Waals surface area (Å²) in [5, 5.41) is 13.5. The summed E-state index contributed by atoms with van der Waals surface area (Å²) in [5.41, 5.74) is 1.62. The zero-order valence-electron chi connectivity index (χ0n) is 19.6. The van der Waals surface area contributed by atoms with E-state index in [-0.39, 0.29) is 11.5 Å². The lowest BCUT2D eigenvalue weighted by molar-refractivity contribution is -0.119. The van der Waals surface area contributed by atoms with E-state index in [1.165, 1.54) is 52.8 Å². The summed E-state index contributed by atoms with van der Waals surface area (Å²) < 4.78 is 2.43. The van der Waals surface area contributed by atoms with Crippen molar-refractivity contribution in [1.82, 2.24) is 19.7 Å². The molecule has 7 nitrogen and oxygen atoms in total. The van der Waals surface area contributed by atoms with Crippen molar-refractivity contribution in [3.63, 3.8) is 0 Å². The summed E-state index contributed by atoms with van der Waals surface area (Å²) in [6.07, 6.45) is 7.90. The fourth-order valence-electron chi connectivity index (χ4n) is 4.80. The highest BCUT2D eigenvalue weighted by Gasteiger charge is 2.26. The van der Waals surface area contributed by atoms with Gasteiger partial charge >= 0.3 is 0 Å². The van der Waals surface area contributed by atoms with Crippen molar-refractivity contribution < 1.29 is 4.79 Å². The van der Waals surface area contributed by atoms with Crippen molar-refractivity contribution in [1.29, 1.82) is 0 Å². The predicted octanol–water partition coefficient (Wildman–Crippen LogP) is 6.68. The molecule has 1 aromatic carbocycles. The first-order valence-corrected chi connectivity index (χ1v) is 14.3. The summed E-state index contributed by atoms with van der Waals surface area (Å²) in [6, 6.07) is 7.19. The smallest absolute Gasteiger partial charge is 0.263 e. The molecule has 4 aromatic rings. The monoisotopic (exact) mass is 571 g/mol. The second kappa shape index (κ2) is 10.3. The molecule has 1 saturated carbocycles. The molecule has 35 heavy (non-hydrogen) atoms. The maximum atomic E-state index is 13.7.